The number of carbonyl (C=O) groups is 2. The number of rotatable bonds is 6. The van der Waals surface area contributed by atoms with Gasteiger partial charge < -0.3 is 15.0 Å². The average molecular weight is 347 g/mol. The van der Waals surface area contributed by atoms with E-state index in [9.17, 15) is 9.59 Å². The minimum absolute atomic E-state index is 0.0161. The Morgan fingerprint density at radius 2 is 1.92 bits per heavy atom. The van der Waals surface area contributed by atoms with Gasteiger partial charge in [-0.05, 0) is 29.8 Å². The van der Waals surface area contributed by atoms with E-state index in [-0.39, 0.29) is 18.4 Å². The van der Waals surface area contributed by atoms with Crippen LogP contribution in [0.5, 0.6) is 5.75 Å². The Kier molecular flexibility index (Phi) is 6.21. The molecule has 6 heteroatoms. The molecule has 2 rings (SSSR count). The van der Waals surface area contributed by atoms with E-state index in [1.807, 2.05) is 18.2 Å². The highest BCUT2D eigenvalue weighted by molar-refractivity contribution is 6.32. The summed E-state index contributed by atoms with van der Waals surface area (Å²) in [6.45, 7) is 1.86. The molecule has 0 aliphatic heterocycles. The zero-order valence-corrected chi connectivity index (χ0v) is 14.3. The normalized spacial score (nSPS) is 10.1. The van der Waals surface area contributed by atoms with E-state index in [1.54, 1.807) is 42.3 Å². The smallest absolute Gasteiger partial charge is 0.262 e. The molecule has 0 radical (unpaired) electrons. The molecule has 2 amide bonds. The van der Waals surface area contributed by atoms with Crippen LogP contribution in [0.25, 0.3) is 0 Å². The lowest BCUT2D eigenvalue weighted by molar-refractivity contribution is -0.128. The van der Waals surface area contributed by atoms with Gasteiger partial charge in [-0.3, -0.25) is 9.59 Å². The van der Waals surface area contributed by atoms with Crippen LogP contribution in [-0.2, 0) is 16.1 Å². The van der Waals surface area contributed by atoms with Gasteiger partial charge in [0.15, 0.2) is 6.61 Å². The lowest BCUT2D eigenvalue weighted by Gasteiger charge is -2.15. The average Bonchev–Trinajstić information content (AvgIpc) is 2.54. The van der Waals surface area contributed by atoms with E-state index in [1.165, 1.54) is 6.92 Å². The van der Waals surface area contributed by atoms with Gasteiger partial charge in [-0.15, -0.1) is 0 Å². The predicted molar refractivity (Wildman–Crippen MR) is 94.2 cm³/mol. The minimum atomic E-state index is -0.285. The molecular formula is C18H19ClN2O3. The van der Waals surface area contributed by atoms with Crippen LogP contribution in [0.2, 0.25) is 5.02 Å². The Bertz CT molecular complexity index is 734. The number of ether oxygens (including phenoxy) is 1. The van der Waals surface area contributed by atoms with Gasteiger partial charge in [-0.25, -0.2) is 0 Å². The first-order chi connectivity index (χ1) is 11.5. The molecular weight excluding hydrogens is 328 g/mol. The highest BCUT2D eigenvalue weighted by Crippen LogP contribution is 2.23. The Hall–Kier alpha value is -2.53. The number of amides is 2. The summed E-state index contributed by atoms with van der Waals surface area (Å²) < 4.78 is 5.40. The quantitative estimate of drug-likeness (QED) is 0.872. The summed E-state index contributed by atoms with van der Waals surface area (Å²) in [5, 5.41) is 3.22. The molecule has 0 bridgehead atoms. The van der Waals surface area contributed by atoms with Gasteiger partial charge in [0.1, 0.15) is 5.75 Å². The largest absolute Gasteiger partial charge is 0.482 e. The van der Waals surface area contributed by atoms with Crippen molar-refractivity contribution in [3.8, 4) is 5.75 Å². The molecule has 126 valence electrons. The number of anilines is 1. The monoisotopic (exact) mass is 346 g/mol. The summed E-state index contributed by atoms with van der Waals surface area (Å²) in [6.07, 6.45) is 0. The number of benzene rings is 2. The van der Waals surface area contributed by atoms with Gasteiger partial charge in [-0.2, -0.15) is 0 Å². The highest BCUT2D eigenvalue weighted by Gasteiger charge is 2.08. The van der Waals surface area contributed by atoms with Crippen LogP contribution in [0.15, 0.2) is 48.5 Å². The maximum absolute atomic E-state index is 12.0. The van der Waals surface area contributed by atoms with E-state index >= 15 is 0 Å². The zero-order valence-electron chi connectivity index (χ0n) is 13.6. The van der Waals surface area contributed by atoms with Gasteiger partial charge in [0.05, 0.1) is 5.02 Å². The van der Waals surface area contributed by atoms with E-state index in [0.29, 0.717) is 23.0 Å². The summed E-state index contributed by atoms with van der Waals surface area (Å²) in [7, 11) is 1.73. The molecule has 0 heterocycles. The van der Waals surface area contributed by atoms with Crippen molar-refractivity contribution in [3.05, 3.63) is 59.1 Å². The summed E-state index contributed by atoms with van der Waals surface area (Å²) in [5.41, 5.74) is 1.58. The third-order valence-corrected chi connectivity index (χ3v) is 3.68. The van der Waals surface area contributed by atoms with Crippen molar-refractivity contribution in [1.82, 2.24) is 4.90 Å². The molecule has 0 aliphatic rings. The van der Waals surface area contributed by atoms with Gasteiger partial charge in [-0.1, -0.05) is 35.9 Å². The molecule has 1 N–H and O–H groups in total. The van der Waals surface area contributed by atoms with Crippen molar-refractivity contribution < 1.29 is 14.3 Å². The van der Waals surface area contributed by atoms with Crippen LogP contribution >= 0.6 is 11.6 Å². The first-order valence-corrected chi connectivity index (χ1v) is 7.81. The molecule has 0 fully saturated rings. The minimum Gasteiger partial charge on any atom is -0.482 e. The lowest BCUT2D eigenvalue weighted by atomic mass is 10.2. The standard InChI is InChI=1S/C18H19ClN2O3/c1-13(22)21(2)11-14-6-5-7-15(10-14)20-18(23)12-24-17-9-4-3-8-16(17)19/h3-10H,11-12H2,1-2H3,(H,20,23). The van der Waals surface area contributed by atoms with Crippen molar-refractivity contribution in [3.63, 3.8) is 0 Å². The SMILES string of the molecule is CC(=O)N(C)Cc1cccc(NC(=O)COc2ccccc2Cl)c1. The zero-order chi connectivity index (χ0) is 17.5. The molecule has 2 aromatic rings. The molecule has 0 unspecified atom stereocenters. The maximum Gasteiger partial charge on any atom is 0.262 e. The van der Waals surface area contributed by atoms with Crippen LogP contribution in [0.4, 0.5) is 5.69 Å². The van der Waals surface area contributed by atoms with E-state index < -0.39 is 0 Å². The Morgan fingerprint density at radius 1 is 1.17 bits per heavy atom. The fraction of sp³-hybridized carbons (Fsp3) is 0.222. The number of halogens is 1. The second kappa shape index (κ2) is 8.36. The molecule has 24 heavy (non-hydrogen) atoms. The number of carbonyl (C=O) groups excluding carboxylic acids is 2. The van der Waals surface area contributed by atoms with Crippen molar-refractivity contribution in [2.45, 2.75) is 13.5 Å². The first kappa shape index (κ1) is 17.8. The van der Waals surface area contributed by atoms with Crippen molar-refractivity contribution >= 4 is 29.1 Å². The fourth-order valence-corrected chi connectivity index (χ4v) is 2.23. The predicted octanol–water partition coefficient (Wildman–Crippen LogP) is 3.34. The van der Waals surface area contributed by atoms with Crippen LogP contribution < -0.4 is 10.1 Å². The molecule has 0 saturated carbocycles. The first-order valence-electron chi connectivity index (χ1n) is 7.43. The van der Waals surface area contributed by atoms with Gasteiger partial charge >= 0.3 is 0 Å². The summed E-state index contributed by atoms with van der Waals surface area (Å²) in [6, 6.07) is 14.3. The van der Waals surface area contributed by atoms with Crippen molar-refractivity contribution in [2.75, 3.05) is 19.0 Å². The maximum atomic E-state index is 12.0. The third kappa shape index (κ3) is 5.28. The van der Waals surface area contributed by atoms with Crippen molar-refractivity contribution in [1.29, 1.82) is 0 Å². The molecule has 0 atom stereocenters. The molecule has 0 aliphatic carbocycles. The second-order valence-corrected chi connectivity index (χ2v) is 5.75. The van der Waals surface area contributed by atoms with Crippen molar-refractivity contribution in [2.24, 2.45) is 0 Å². The summed E-state index contributed by atoms with van der Waals surface area (Å²) in [4.78, 5) is 24.9. The summed E-state index contributed by atoms with van der Waals surface area (Å²) >= 11 is 5.97. The van der Waals surface area contributed by atoms with Gasteiger partial charge in [0.25, 0.3) is 5.91 Å². The van der Waals surface area contributed by atoms with Crippen LogP contribution in [-0.4, -0.2) is 30.4 Å². The molecule has 0 spiro atoms. The molecule has 0 aromatic heterocycles. The number of hydrogen-bond donors (Lipinski definition) is 1. The lowest BCUT2D eigenvalue weighted by Crippen LogP contribution is -2.23. The van der Waals surface area contributed by atoms with Crippen LogP contribution in [0.3, 0.4) is 0 Å². The third-order valence-electron chi connectivity index (χ3n) is 3.36. The highest BCUT2D eigenvalue weighted by atomic mass is 35.5. The molecule has 0 saturated heterocycles. The second-order valence-electron chi connectivity index (χ2n) is 5.34. The number of para-hydroxylation sites is 1. The Labute approximate surface area is 146 Å². The Morgan fingerprint density at radius 3 is 2.62 bits per heavy atom. The van der Waals surface area contributed by atoms with E-state index in [2.05, 4.69) is 5.32 Å². The van der Waals surface area contributed by atoms with E-state index in [4.69, 9.17) is 16.3 Å². The van der Waals surface area contributed by atoms with Gasteiger partial charge in [0, 0.05) is 26.2 Å². The summed E-state index contributed by atoms with van der Waals surface area (Å²) in [5.74, 6) is 0.163. The fourth-order valence-electron chi connectivity index (χ4n) is 2.03. The van der Waals surface area contributed by atoms with Crippen LogP contribution in [0.1, 0.15) is 12.5 Å². The number of nitrogens with zero attached hydrogens (tertiary/aromatic N) is 1. The number of nitrogens with one attached hydrogen (secondary N) is 1. The van der Waals surface area contributed by atoms with Crippen LogP contribution in [0, 0.1) is 0 Å². The Balaban J connectivity index is 1.92. The number of hydrogen-bond acceptors (Lipinski definition) is 3. The molecule has 5 nitrogen and oxygen atoms in total. The van der Waals surface area contributed by atoms with Gasteiger partial charge in [0.2, 0.25) is 5.91 Å². The molecule has 2 aromatic carbocycles. The topological polar surface area (TPSA) is 58.6 Å². The van der Waals surface area contributed by atoms with E-state index in [0.717, 1.165) is 5.56 Å².